The Bertz CT molecular complexity index is 791. The topological polar surface area (TPSA) is 87.8 Å². The fourth-order valence-corrected chi connectivity index (χ4v) is 3.80. The summed E-state index contributed by atoms with van der Waals surface area (Å²) in [4.78, 5) is 18.7. The molecule has 1 saturated heterocycles. The van der Waals surface area contributed by atoms with Crippen LogP contribution < -0.4 is 4.74 Å². The molecule has 1 aliphatic rings. The van der Waals surface area contributed by atoms with Gasteiger partial charge in [0.2, 0.25) is 0 Å². The lowest BCUT2D eigenvalue weighted by Gasteiger charge is -2.43. The lowest BCUT2D eigenvalue weighted by Crippen LogP contribution is -2.56. The summed E-state index contributed by atoms with van der Waals surface area (Å²) in [6.07, 6.45) is 3.54. The van der Waals surface area contributed by atoms with Crippen LogP contribution in [0.25, 0.3) is 0 Å². The van der Waals surface area contributed by atoms with E-state index in [9.17, 15) is 15.0 Å². The van der Waals surface area contributed by atoms with Crippen LogP contribution in [0, 0.1) is 5.41 Å². The summed E-state index contributed by atoms with van der Waals surface area (Å²) >= 11 is 0. The number of likely N-dealkylation sites (tertiary alicyclic amines) is 1. The number of carboxylic acid groups (broad SMARTS) is 1. The quantitative estimate of drug-likeness (QED) is 0.769. The Balaban J connectivity index is 1.81. The van der Waals surface area contributed by atoms with Gasteiger partial charge in [-0.15, -0.1) is 0 Å². The highest BCUT2D eigenvalue weighted by molar-refractivity contribution is 5.76. The van der Waals surface area contributed by atoms with Crippen LogP contribution in [0.5, 0.6) is 5.75 Å². The van der Waals surface area contributed by atoms with Gasteiger partial charge in [-0.25, -0.2) is 4.98 Å². The molecule has 0 spiro atoms. The van der Waals surface area contributed by atoms with Gasteiger partial charge < -0.3 is 19.5 Å². The number of imidazole rings is 1. The van der Waals surface area contributed by atoms with Gasteiger partial charge in [0.05, 0.1) is 25.2 Å². The fourth-order valence-electron chi connectivity index (χ4n) is 3.80. The van der Waals surface area contributed by atoms with Gasteiger partial charge in [-0.2, -0.15) is 0 Å². The number of aliphatic carboxylic acids is 1. The Morgan fingerprint density at radius 2 is 2.26 bits per heavy atom. The number of carboxylic acids is 1. The standard InChI is InChI=1S/C20H27N3O4/c1-3-22-11-16(21-14-22)12-23-8-7-18(24)20(13-23,19(25)26)10-15-5-4-6-17(9-15)27-2/h4-6,9,11,14,18,24H,3,7-8,10,12-13H2,1-2H3,(H,25,26)/t18-,20+/m0/s1. The molecule has 7 heteroatoms. The monoisotopic (exact) mass is 373 g/mol. The number of rotatable bonds is 7. The summed E-state index contributed by atoms with van der Waals surface area (Å²) in [5.74, 6) is -0.290. The normalized spacial score (nSPS) is 23.3. The zero-order valence-corrected chi connectivity index (χ0v) is 15.8. The number of aliphatic hydroxyl groups is 1. The number of ether oxygens (including phenoxy) is 1. The van der Waals surface area contributed by atoms with Crippen LogP contribution in [0.3, 0.4) is 0 Å². The molecular weight excluding hydrogens is 346 g/mol. The maximum atomic E-state index is 12.3. The minimum absolute atomic E-state index is 0.251. The van der Waals surface area contributed by atoms with E-state index in [0.29, 0.717) is 25.3 Å². The number of carbonyl (C=O) groups is 1. The maximum absolute atomic E-state index is 12.3. The molecule has 0 amide bonds. The highest BCUT2D eigenvalue weighted by atomic mass is 16.5. The van der Waals surface area contributed by atoms with Crippen molar-refractivity contribution in [3.05, 3.63) is 48.0 Å². The van der Waals surface area contributed by atoms with Gasteiger partial charge in [-0.3, -0.25) is 9.69 Å². The summed E-state index contributed by atoms with van der Waals surface area (Å²) in [5, 5.41) is 20.7. The zero-order valence-electron chi connectivity index (χ0n) is 15.8. The lowest BCUT2D eigenvalue weighted by atomic mass is 9.73. The molecule has 27 heavy (non-hydrogen) atoms. The van der Waals surface area contributed by atoms with Gasteiger partial charge >= 0.3 is 5.97 Å². The predicted molar refractivity (Wildman–Crippen MR) is 101 cm³/mol. The van der Waals surface area contributed by atoms with Crippen molar-refractivity contribution in [2.45, 2.75) is 39.0 Å². The number of aryl methyl sites for hydroxylation is 1. The van der Waals surface area contributed by atoms with E-state index in [-0.39, 0.29) is 13.0 Å². The first kappa shape index (κ1) is 19.4. The molecule has 0 bridgehead atoms. The first-order chi connectivity index (χ1) is 13.0. The SMILES string of the molecule is CCn1cnc(CN2CC[C@H](O)[C@](Cc3cccc(OC)c3)(C(=O)O)C2)c1. The molecule has 1 aliphatic heterocycles. The van der Waals surface area contributed by atoms with Gasteiger partial charge in [0.25, 0.3) is 0 Å². The number of hydrogen-bond acceptors (Lipinski definition) is 5. The second kappa shape index (κ2) is 8.10. The van der Waals surface area contributed by atoms with E-state index in [2.05, 4.69) is 9.88 Å². The summed E-state index contributed by atoms with van der Waals surface area (Å²) in [7, 11) is 1.58. The van der Waals surface area contributed by atoms with Crippen molar-refractivity contribution < 1.29 is 19.7 Å². The van der Waals surface area contributed by atoms with Crippen LogP contribution in [0.4, 0.5) is 0 Å². The van der Waals surface area contributed by atoms with Crippen LogP contribution in [-0.4, -0.2) is 56.9 Å². The molecule has 146 valence electrons. The van der Waals surface area contributed by atoms with Crippen molar-refractivity contribution in [1.29, 1.82) is 0 Å². The third kappa shape index (κ3) is 4.14. The minimum Gasteiger partial charge on any atom is -0.497 e. The van der Waals surface area contributed by atoms with Gasteiger partial charge in [-0.05, 0) is 37.5 Å². The first-order valence-corrected chi connectivity index (χ1v) is 9.24. The maximum Gasteiger partial charge on any atom is 0.313 e. The Morgan fingerprint density at radius 3 is 2.93 bits per heavy atom. The van der Waals surface area contributed by atoms with Crippen molar-refractivity contribution in [2.75, 3.05) is 20.2 Å². The minimum atomic E-state index is -1.25. The lowest BCUT2D eigenvalue weighted by molar-refractivity contribution is -0.163. The molecular formula is C20H27N3O4. The van der Waals surface area contributed by atoms with Crippen LogP contribution >= 0.6 is 0 Å². The van der Waals surface area contributed by atoms with Gasteiger partial charge in [0, 0.05) is 32.4 Å². The number of hydrogen-bond donors (Lipinski definition) is 2. The average molecular weight is 373 g/mol. The molecule has 0 saturated carbocycles. The summed E-state index contributed by atoms with van der Waals surface area (Å²) in [6.45, 7) is 4.40. The zero-order chi connectivity index (χ0) is 19.4. The smallest absolute Gasteiger partial charge is 0.313 e. The van der Waals surface area contributed by atoms with E-state index in [1.807, 2.05) is 42.0 Å². The number of aromatic nitrogens is 2. The van der Waals surface area contributed by atoms with Crippen molar-refractivity contribution in [1.82, 2.24) is 14.5 Å². The number of nitrogens with zero attached hydrogens (tertiary/aromatic N) is 3. The number of benzene rings is 1. The number of methoxy groups -OCH3 is 1. The van der Waals surface area contributed by atoms with E-state index in [0.717, 1.165) is 17.8 Å². The Morgan fingerprint density at radius 1 is 1.44 bits per heavy atom. The van der Waals surface area contributed by atoms with Crippen molar-refractivity contribution in [3.63, 3.8) is 0 Å². The van der Waals surface area contributed by atoms with Crippen molar-refractivity contribution >= 4 is 5.97 Å². The molecule has 3 rings (SSSR count). The van der Waals surface area contributed by atoms with Crippen LogP contribution in [0.15, 0.2) is 36.8 Å². The largest absolute Gasteiger partial charge is 0.497 e. The second-order valence-electron chi connectivity index (χ2n) is 7.20. The van der Waals surface area contributed by atoms with Crippen LogP contribution in [-0.2, 0) is 24.3 Å². The van der Waals surface area contributed by atoms with Crippen molar-refractivity contribution in [2.24, 2.45) is 5.41 Å². The van der Waals surface area contributed by atoms with Gasteiger partial charge in [0.15, 0.2) is 0 Å². The molecule has 1 aromatic heterocycles. The number of aliphatic hydroxyl groups excluding tert-OH is 1. The molecule has 1 aromatic carbocycles. The summed E-state index contributed by atoms with van der Waals surface area (Å²) < 4.78 is 7.24. The van der Waals surface area contributed by atoms with Crippen molar-refractivity contribution in [3.8, 4) is 5.75 Å². The average Bonchev–Trinajstić information content (AvgIpc) is 3.12. The molecule has 7 nitrogen and oxygen atoms in total. The second-order valence-corrected chi connectivity index (χ2v) is 7.20. The molecule has 0 radical (unpaired) electrons. The first-order valence-electron chi connectivity index (χ1n) is 9.24. The summed E-state index contributed by atoms with van der Waals surface area (Å²) in [5.41, 5.74) is 0.500. The predicted octanol–water partition coefficient (Wildman–Crippen LogP) is 1.79. The molecule has 2 heterocycles. The number of piperidine rings is 1. The molecule has 2 N–H and O–H groups in total. The van der Waals surface area contributed by atoms with E-state index in [4.69, 9.17) is 4.74 Å². The molecule has 2 aromatic rings. The van der Waals surface area contributed by atoms with E-state index < -0.39 is 17.5 Å². The van der Waals surface area contributed by atoms with Gasteiger partial charge in [0.1, 0.15) is 11.2 Å². The van der Waals surface area contributed by atoms with Crippen LogP contribution in [0.2, 0.25) is 0 Å². The highest BCUT2D eigenvalue weighted by Gasteiger charge is 2.49. The third-order valence-corrected chi connectivity index (χ3v) is 5.38. The Labute approximate surface area is 159 Å². The van der Waals surface area contributed by atoms with E-state index >= 15 is 0 Å². The molecule has 2 atom stereocenters. The van der Waals surface area contributed by atoms with E-state index in [1.54, 1.807) is 13.4 Å². The molecule has 1 fully saturated rings. The Kier molecular flexibility index (Phi) is 5.82. The van der Waals surface area contributed by atoms with E-state index in [1.165, 1.54) is 0 Å². The fraction of sp³-hybridized carbons (Fsp3) is 0.500. The van der Waals surface area contributed by atoms with Crippen LogP contribution in [0.1, 0.15) is 24.6 Å². The highest BCUT2D eigenvalue weighted by Crippen LogP contribution is 2.35. The Hall–Kier alpha value is -2.38. The molecule has 0 aliphatic carbocycles. The molecule has 0 unspecified atom stereocenters. The van der Waals surface area contributed by atoms with Gasteiger partial charge in [-0.1, -0.05) is 12.1 Å². The third-order valence-electron chi connectivity index (χ3n) is 5.38. The summed E-state index contributed by atoms with van der Waals surface area (Å²) in [6, 6.07) is 7.37.